The van der Waals surface area contributed by atoms with Gasteiger partial charge >= 0.3 is 12.1 Å². The van der Waals surface area contributed by atoms with Crippen LogP contribution in [0.2, 0.25) is 0 Å². The summed E-state index contributed by atoms with van der Waals surface area (Å²) in [6.07, 6.45) is 1.89. The van der Waals surface area contributed by atoms with Crippen molar-refractivity contribution in [1.82, 2.24) is 10.6 Å². The third-order valence-corrected chi connectivity index (χ3v) is 3.56. The molecule has 2 N–H and O–H groups in total. The van der Waals surface area contributed by atoms with Gasteiger partial charge in [-0.25, -0.2) is 4.79 Å². The number of carbonyl (C=O) groups is 2. The van der Waals surface area contributed by atoms with Gasteiger partial charge in [0.05, 0.1) is 6.61 Å². The standard InChI is InChI=1S/C13H23BrN2O4/c1-13(2,5-8-19-11(17)9-14)20-12(18)16-10-3-6-15-7-4-10/h10,15H,3-9H2,1-2H3,(H,16,18). The van der Waals surface area contributed by atoms with Crippen LogP contribution in [0.15, 0.2) is 0 Å². The Morgan fingerprint density at radius 3 is 2.60 bits per heavy atom. The Kier molecular flexibility index (Phi) is 7.29. The molecule has 1 amide bonds. The lowest BCUT2D eigenvalue weighted by molar-refractivity contribution is -0.141. The highest BCUT2D eigenvalue weighted by molar-refractivity contribution is 9.09. The molecule has 1 heterocycles. The molecular formula is C13H23BrN2O4. The predicted molar refractivity (Wildman–Crippen MR) is 79.0 cm³/mol. The van der Waals surface area contributed by atoms with Gasteiger partial charge in [-0.05, 0) is 39.8 Å². The second-order valence-electron chi connectivity index (χ2n) is 5.42. The number of nitrogens with one attached hydrogen (secondary N) is 2. The van der Waals surface area contributed by atoms with E-state index in [1.165, 1.54) is 0 Å². The Bertz CT molecular complexity index is 330. The van der Waals surface area contributed by atoms with Crippen molar-refractivity contribution in [2.24, 2.45) is 0 Å². The van der Waals surface area contributed by atoms with Gasteiger partial charge in [0.1, 0.15) is 10.9 Å². The number of hydrogen-bond donors (Lipinski definition) is 2. The van der Waals surface area contributed by atoms with E-state index >= 15 is 0 Å². The average Bonchev–Trinajstić information content (AvgIpc) is 2.38. The summed E-state index contributed by atoms with van der Waals surface area (Å²) < 4.78 is 10.3. The van der Waals surface area contributed by atoms with Crippen LogP contribution < -0.4 is 10.6 Å². The van der Waals surface area contributed by atoms with E-state index in [-0.39, 0.29) is 23.9 Å². The summed E-state index contributed by atoms with van der Waals surface area (Å²) in [6, 6.07) is 0.172. The zero-order valence-corrected chi connectivity index (χ0v) is 13.6. The molecule has 1 fully saturated rings. The number of carbonyl (C=O) groups excluding carboxylic acids is 2. The number of alkyl carbamates (subject to hydrolysis) is 1. The van der Waals surface area contributed by atoms with E-state index in [0.717, 1.165) is 25.9 Å². The van der Waals surface area contributed by atoms with Crippen molar-refractivity contribution in [2.75, 3.05) is 25.0 Å². The molecule has 0 unspecified atom stereocenters. The Balaban J connectivity index is 2.25. The van der Waals surface area contributed by atoms with Crippen LogP contribution in [0.3, 0.4) is 0 Å². The number of alkyl halides is 1. The van der Waals surface area contributed by atoms with Crippen LogP contribution in [-0.4, -0.2) is 48.7 Å². The second-order valence-corrected chi connectivity index (χ2v) is 5.98. The highest BCUT2D eigenvalue weighted by Crippen LogP contribution is 2.15. The molecule has 0 bridgehead atoms. The minimum absolute atomic E-state index is 0.171. The molecule has 0 aromatic heterocycles. The molecule has 1 aliphatic heterocycles. The molecule has 0 aromatic rings. The van der Waals surface area contributed by atoms with Crippen LogP contribution in [0.25, 0.3) is 0 Å². The largest absolute Gasteiger partial charge is 0.465 e. The van der Waals surface area contributed by atoms with Crippen molar-refractivity contribution in [3.05, 3.63) is 0 Å². The fraction of sp³-hybridized carbons (Fsp3) is 0.846. The zero-order valence-electron chi connectivity index (χ0n) is 12.0. The van der Waals surface area contributed by atoms with Crippen molar-refractivity contribution in [1.29, 1.82) is 0 Å². The summed E-state index contributed by atoms with van der Waals surface area (Å²) in [6.45, 7) is 5.67. The number of amides is 1. The van der Waals surface area contributed by atoms with Gasteiger partial charge in [0, 0.05) is 12.5 Å². The van der Waals surface area contributed by atoms with E-state index in [0.29, 0.717) is 6.42 Å². The van der Waals surface area contributed by atoms with E-state index in [4.69, 9.17) is 9.47 Å². The normalized spacial score (nSPS) is 16.6. The Morgan fingerprint density at radius 2 is 2.00 bits per heavy atom. The summed E-state index contributed by atoms with van der Waals surface area (Å²) in [5, 5.41) is 6.28. The molecule has 20 heavy (non-hydrogen) atoms. The maximum Gasteiger partial charge on any atom is 0.407 e. The maximum atomic E-state index is 11.8. The Morgan fingerprint density at radius 1 is 1.35 bits per heavy atom. The third kappa shape index (κ3) is 7.09. The minimum atomic E-state index is -0.663. The highest BCUT2D eigenvalue weighted by Gasteiger charge is 2.25. The summed E-state index contributed by atoms with van der Waals surface area (Å²) in [7, 11) is 0. The van der Waals surface area contributed by atoms with Crippen LogP contribution in [0.5, 0.6) is 0 Å². The first kappa shape index (κ1) is 17.2. The quantitative estimate of drug-likeness (QED) is 0.561. The first-order valence-electron chi connectivity index (χ1n) is 6.85. The zero-order chi connectivity index (χ0) is 15.0. The van der Waals surface area contributed by atoms with Gasteiger partial charge in [-0.1, -0.05) is 15.9 Å². The molecule has 6 nitrogen and oxygen atoms in total. The van der Waals surface area contributed by atoms with Crippen molar-refractivity contribution >= 4 is 28.0 Å². The van der Waals surface area contributed by atoms with Gasteiger partial charge in [-0.2, -0.15) is 0 Å². The lowest BCUT2D eigenvalue weighted by atomic mass is 10.1. The average molecular weight is 351 g/mol. The molecule has 1 aliphatic rings. The number of piperidine rings is 1. The van der Waals surface area contributed by atoms with Crippen molar-refractivity contribution < 1.29 is 19.1 Å². The fourth-order valence-electron chi connectivity index (χ4n) is 1.91. The molecule has 0 aliphatic carbocycles. The summed E-state index contributed by atoms with van der Waals surface area (Å²) in [5.41, 5.74) is -0.663. The predicted octanol–water partition coefficient (Wildman–Crippen LogP) is 1.57. The number of rotatable bonds is 6. The summed E-state index contributed by atoms with van der Waals surface area (Å²) in [5.74, 6) is -0.319. The van der Waals surface area contributed by atoms with E-state index in [1.54, 1.807) is 13.8 Å². The van der Waals surface area contributed by atoms with Crippen LogP contribution >= 0.6 is 15.9 Å². The van der Waals surface area contributed by atoms with Crippen molar-refractivity contribution in [2.45, 2.75) is 44.8 Å². The molecule has 0 aromatic carbocycles. The molecule has 1 rings (SSSR count). The van der Waals surface area contributed by atoms with Gasteiger partial charge in [0.15, 0.2) is 0 Å². The van der Waals surface area contributed by atoms with Gasteiger partial charge in [-0.3, -0.25) is 4.79 Å². The van der Waals surface area contributed by atoms with Crippen molar-refractivity contribution in [3.8, 4) is 0 Å². The lowest BCUT2D eigenvalue weighted by Crippen LogP contribution is -2.45. The van der Waals surface area contributed by atoms with Crippen molar-refractivity contribution in [3.63, 3.8) is 0 Å². The summed E-state index contributed by atoms with van der Waals surface area (Å²) in [4.78, 5) is 22.8. The Hall–Kier alpha value is -0.820. The van der Waals surface area contributed by atoms with Gasteiger partial charge in [0.2, 0.25) is 0 Å². The highest BCUT2D eigenvalue weighted by atomic mass is 79.9. The molecule has 116 valence electrons. The molecule has 7 heteroatoms. The van der Waals surface area contributed by atoms with Crippen LogP contribution in [0, 0.1) is 0 Å². The first-order valence-corrected chi connectivity index (χ1v) is 7.97. The monoisotopic (exact) mass is 350 g/mol. The van der Waals surface area contributed by atoms with E-state index in [9.17, 15) is 9.59 Å². The second kappa shape index (κ2) is 8.46. The van der Waals surface area contributed by atoms with Gasteiger partial charge in [0.25, 0.3) is 0 Å². The van der Waals surface area contributed by atoms with Gasteiger partial charge < -0.3 is 20.1 Å². The molecule has 0 radical (unpaired) electrons. The van der Waals surface area contributed by atoms with Crippen LogP contribution in [-0.2, 0) is 14.3 Å². The number of hydrogen-bond acceptors (Lipinski definition) is 5. The molecular weight excluding hydrogens is 328 g/mol. The van der Waals surface area contributed by atoms with E-state index in [2.05, 4.69) is 26.6 Å². The van der Waals surface area contributed by atoms with E-state index in [1.807, 2.05) is 0 Å². The minimum Gasteiger partial charge on any atom is -0.465 e. The maximum absolute atomic E-state index is 11.8. The third-order valence-electron chi connectivity index (χ3n) is 3.11. The number of ether oxygens (including phenoxy) is 2. The molecule has 0 saturated carbocycles. The van der Waals surface area contributed by atoms with Gasteiger partial charge in [-0.15, -0.1) is 0 Å². The number of halogens is 1. The number of esters is 1. The lowest BCUT2D eigenvalue weighted by Gasteiger charge is -2.28. The fourth-order valence-corrected chi connectivity index (χ4v) is 2.08. The topological polar surface area (TPSA) is 76.7 Å². The smallest absolute Gasteiger partial charge is 0.407 e. The molecule has 1 saturated heterocycles. The molecule has 0 spiro atoms. The Labute approximate surface area is 128 Å². The first-order chi connectivity index (χ1) is 9.43. The van der Waals surface area contributed by atoms with Crippen LogP contribution in [0.4, 0.5) is 4.79 Å². The van der Waals surface area contributed by atoms with Crippen LogP contribution in [0.1, 0.15) is 33.1 Å². The SMILES string of the molecule is CC(C)(CCOC(=O)CBr)OC(=O)NC1CCNCC1. The summed E-state index contributed by atoms with van der Waals surface area (Å²) >= 11 is 3.02. The van der Waals surface area contributed by atoms with E-state index < -0.39 is 11.7 Å². The molecule has 0 atom stereocenters.